The van der Waals surface area contributed by atoms with Crippen molar-refractivity contribution < 1.29 is 28.6 Å². The fourth-order valence-corrected chi connectivity index (χ4v) is 4.20. The summed E-state index contributed by atoms with van der Waals surface area (Å²) in [7, 11) is 1.95. The van der Waals surface area contributed by atoms with E-state index < -0.39 is 29.5 Å². The van der Waals surface area contributed by atoms with Gasteiger partial charge in [-0.3, -0.25) is 19.5 Å². The molecule has 3 heterocycles. The second-order valence-electron chi connectivity index (χ2n) is 8.31. The zero-order valence-electron chi connectivity index (χ0n) is 18.3. The van der Waals surface area contributed by atoms with Gasteiger partial charge in [-0.15, -0.1) is 0 Å². The van der Waals surface area contributed by atoms with Gasteiger partial charge in [0.25, 0.3) is 11.8 Å². The Hall–Kier alpha value is -4.05. The SMILES string of the molecule is CN1CCN(C(=O)Oc2c3c(c(O)c4ncccc24)C(=O)N(Cc2ccc(F)cc2)C3=O)CC1. The van der Waals surface area contributed by atoms with Crippen molar-refractivity contribution >= 4 is 28.8 Å². The maximum atomic E-state index is 13.4. The third kappa shape index (κ3) is 3.61. The van der Waals surface area contributed by atoms with E-state index >= 15 is 0 Å². The molecule has 10 heteroatoms. The van der Waals surface area contributed by atoms with Crippen LogP contribution in [0.2, 0.25) is 0 Å². The zero-order chi connectivity index (χ0) is 24.0. The molecule has 0 bridgehead atoms. The summed E-state index contributed by atoms with van der Waals surface area (Å²) in [6.45, 7) is 2.12. The summed E-state index contributed by atoms with van der Waals surface area (Å²) in [5.41, 5.74) is 0.119. The number of piperazine rings is 1. The molecule has 0 unspecified atom stereocenters. The first-order chi connectivity index (χ1) is 16.3. The van der Waals surface area contributed by atoms with Crippen molar-refractivity contribution in [2.75, 3.05) is 33.2 Å². The monoisotopic (exact) mass is 464 g/mol. The standard InChI is InChI=1S/C24H21FN4O5/c1-27-9-11-28(12-10-27)24(33)34-21-16-3-2-8-26-19(16)20(30)17-18(21)23(32)29(22(17)31)13-14-4-6-15(25)7-5-14/h2-8,30H,9-13H2,1H3. The molecule has 1 aromatic heterocycles. The Morgan fingerprint density at radius 2 is 1.74 bits per heavy atom. The number of imide groups is 1. The molecule has 174 valence electrons. The highest BCUT2D eigenvalue weighted by atomic mass is 19.1. The van der Waals surface area contributed by atoms with E-state index in [1.807, 2.05) is 7.05 Å². The summed E-state index contributed by atoms with van der Waals surface area (Å²) in [6, 6.07) is 8.53. The summed E-state index contributed by atoms with van der Waals surface area (Å²) >= 11 is 0. The van der Waals surface area contributed by atoms with E-state index in [0.717, 1.165) is 4.90 Å². The predicted octanol–water partition coefficient (Wildman–Crippen LogP) is 2.62. The van der Waals surface area contributed by atoms with E-state index in [2.05, 4.69) is 9.88 Å². The van der Waals surface area contributed by atoms with Crippen LogP contribution in [0.15, 0.2) is 42.6 Å². The number of aromatic hydroxyl groups is 1. The first-order valence-corrected chi connectivity index (χ1v) is 10.7. The molecule has 1 fully saturated rings. The summed E-state index contributed by atoms with van der Waals surface area (Å²) in [5.74, 6) is -2.47. The fraction of sp³-hybridized carbons (Fsp3) is 0.250. The van der Waals surface area contributed by atoms with Crippen molar-refractivity contribution in [1.29, 1.82) is 0 Å². The van der Waals surface area contributed by atoms with Gasteiger partial charge in [-0.05, 0) is 36.9 Å². The Labute approximate surface area is 194 Å². The number of pyridine rings is 1. The average Bonchev–Trinajstić information content (AvgIpc) is 3.08. The largest absolute Gasteiger partial charge is 0.505 e. The molecule has 0 spiro atoms. The molecule has 0 saturated carbocycles. The summed E-state index contributed by atoms with van der Waals surface area (Å²) < 4.78 is 19.0. The predicted molar refractivity (Wildman–Crippen MR) is 119 cm³/mol. The molecule has 5 rings (SSSR count). The van der Waals surface area contributed by atoms with Gasteiger partial charge in [-0.25, -0.2) is 9.18 Å². The normalized spacial score (nSPS) is 16.3. The number of likely N-dealkylation sites (N-methyl/N-ethyl adjacent to an activating group) is 1. The van der Waals surface area contributed by atoms with Gasteiger partial charge >= 0.3 is 6.09 Å². The number of rotatable bonds is 3. The number of ether oxygens (including phenoxy) is 1. The van der Waals surface area contributed by atoms with E-state index in [4.69, 9.17) is 4.74 Å². The van der Waals surface area contributed by atoms with E-state index in [1.54, 1.807) is 12.1 Å². The topological polar surface area (TPSA) is 103 Å². The number of hydrogen-bond donors (Lipinski definition) is 1. The number of phenols is 1. The minimum absolute atomic E-state index is 0.0483. The van der Waals surface area contributed by atoms with E-state index in [9.17, 15) is 23.9 Å². The molecule has 9 nitrogen and oxygen atoms in total. The van der Waals surface area contributed by atoms with Gasteiger partial charge in [0.15, 0.2) is 11.5 Å². The number of phenolic OH excluding ortho intramolecular Hbond substituents is 1. The van der Waals surface area contributed by atoms with E-state index in [0.29, 0.717) is 31.7 Å². The van der Waals surface area contributed by atoms with Crippen LogP contribution in [0.1, 0.15) is 26.3 Å². The molecule has 3 aromatic rings. The van der Waals surface area contributed by atoms with Gasteiger partial charge in [-0.1, -0.05) is 12.1 Å². The Kier molecular flexibility index (Phi) is 5.37. The Balaban J connectivity index is 1.57. The highest BCUT2D eigenvalue weighted by Crippen LogP contribution is 2.44. The minimum Gasteiger partial charge on any atom is -0.505 e. The first-order valence-electron chi connectivity index (χ1n) is 10.7. The van der Waals surface area contributed by atoms with Crippen molar-refractivity contribution in [2.45, 2.75) is 6.54 Å². The lowest BCUT2D eigenvalue weighted by atomic mass is 10.0. The van der Waals surface area contributed by atoms with Gasteiger partial charge in [0, 0.05) is 37.8 Å². The van der Waals surface area contributed by atoms with Gasteiger partial charge in [0.1, 0.15) is 22.5 Å². The van der Waals surface area contributed by atoms with E-state index in [-0.39, 0.29) is 34.3 Å². The number of benzene rings is 2. The van der Waals surface area contributed by atoms with Gasteiger partial charge < -0.3 is 19.6 Å². The molecule has 1 N–H and O–H groups in total. The van der Waals surface area contributed by atoms with Gasteiger partial charge in [0.05, 0.1) is 6.54 Å². The molecule has 34 heavy (non-hydrogen) atoms. The Morgan fingerprint density at radius 1 is 1.06 bits per heavy atom. The van der Waals surface area contributed by atoms with Crippen LogP contribution < -0.4 is 4.74 Å². The van der Waals surface area contributed by atoms with Crippen molar-refractivity contribution in [3.8, 4) is 11.5 Å². The maximum Gasteiger partial charge on any atom is 0.415 e. The van der Waals surface area contributed by atoms with Gasteiger partial charge in [0.2, 0.25) is 0 Å². The highest BCUT2D eigenvalue weighted by Gasteiger charge is 2.43. The van der Waals surface area contributed by atoms with Crippen LogP contribution in [0.25, 0.3) is 10.9 Å². The third-order valence-corrected chi connectivity index (χ3v) is 6.11. The van der Waals surface area contributed by atoms with Crippen LogP contribution in [-0.4, -0.2) is 75.9 Å². The minimum atomic E-state index is -0.744. The van der Waals surface area contributed by atoms with E-state index in [1.165, 1.54) is 35.4 Å². The lowest BCUT2D eigenvalue weighted by Gasteiger charge is -2.31. The third-order valence-electron chi connectivity index (χ3n) is 6.11. The van der Waals surface area contributed by atoms with Crippen LogP contribution in [0.5, 0.6) is 11.5 Å². The van der Waals surface area contributed by atoms with Crippen LogP contribution in [-0.2, 0) is 6.54 Å². The van der Waals surface area contributed by atoms with Crippen LogP contribution >= 0.6 is 0 Å². The lowest BCUT2D eigenvalue weighted by Crippen LogP contribution is -2.48. The number of fused-ring (bicyclic) bond motifs is 2. The maximum absolute atomic E-state index is 13.4. The molecule has 3 amide bonds. The van der Waals surface area contributed by atoms with Crippen LogP contribution in [0, 0.1) is 5.82 Å². The first kappa shape index (κ1) is 21.8. The molecule has 0 radical (unpaired) electrons. The second-order valence-corrected chi connectivity index (χ2v) is 8.31. The number of carbonyl (C=O) groups excluding carboxylic acids is 3. The number of amides is 3. The Bertz CT molecular complexity index is 1320. The molecule has 1 saturated heterocycles. The summed E-state index contributed by atoms with van der Waals surface area (Å²) in [4.78, 5) is 48.2. The summed E-state index contributed by atoms with van der Waals surface area (Å²) in [5, 5.41) is 11.1. The molecule has 0 atom stereocenters. The van der Waals surface area contributed by atoms with Crippen molar-refractivity contribution in [3.05, 3.63) is 65.1 Å². The molecule has 2 aromatic carbocycles. The van der Waals surface area contributed by atoms with Gasteiger partial charge in [-0.2, -0.15) is 0 Å². The number of carbonyl (C=O) groups is 3. The Morgan fingerprint density at radius 3 is 2.44 bits per heavy atom. The second kappa shape index (κ2) is 8.38. The smallest absolute Gasteiger partial charge is 0.415 e. The number of nitrogens with zero attached hydrogens (tertiary/aromatic N) is 4. The number of hydrogen-bond acceptors (Lipinski definition) is 7. The average molecular weight is 464 g/mol. The number of aromatic nitrogens is 1. The molecule has 0 aliphatic carbocycles. The molecule has 2 aliphatic heterocycles. The lowest BCUT2D eigenvalue weighted by molar-refractivity contribution is 0.0641. The van der Waals surface area contributed by atoms with Crippen LogP contribution in [0.3, 0.4) is 0 Å². The highest BCUT2D eigenvalue weighted by molar-refractivity contribution is 6.27. The van der Waals surface area contributed by atoms with Crippen molar-refractivity contribution in [2.24, 2.45) is 0 Å². The van der Waals surface area contributed by atoms with Crippen molar-refractivity contribution in [3.63, 3.8) is 0 Å². The molecular formula is C24H21FN4O5. The van der Waals surface area contributed by atoms with Crippen molar-refractivity contribution in [1.82, 2.24) is 19.7 Å². The molecular weight excluding hydrogens is 443 g/mol. The molecule has 2 aliphatic rings. The van der Waals surface area contributed by atoms with Crippen LogP contribution in [0.4, 0.5) is 9.18 Å². The number of halogens is 1. The zero-order valence-corrected chi connectivity index (χ0v) is 18.3. The quantitative estimate of drug-likeness (QED) is 0.595. The summed E-state index contributed by atoms with van der Waals surface area (Å²) in [6.07, 6.45) is 0.779. The fourth-order valence-electron chi connectivity index (χ4n) is 4.20.